The number of hydrogen-bond acceptors (Lipinski definition) is 3. The van der Waals surface area contributed by atoms with Crippen LogP contribution in [-0.4, -0.2) is 23.8 Å². The Morgan fingerprint density at radius 1 is 1.12 bits per heavy atom. The first-order valence-corrected chi connectivity index (χ1v) is 5.43. The maximum Gasteiger partial charge on any atom is 0.217 e. The summed E-state index contributed by atoms with van der Waals surface area (Å²) in [5, 5.41) is 0. The van der Waals surface area contributed by atoms with Gasteiger partial charge in [-0.2, -0.15) is 0 Å². The third-order valence-corrected chi connectivity index (χ3v) is 2.62. The van der Waals surface area contributed by atoms with E-state index in [4.69, 9.17) is 9.47 Å². The number of nitrogens with zero attached hydrogens (tertiary/aromatic N) is 2. The van der Waals surface area contributed by atoms with Crippen molar-refractivity contribution in [2.75, 3.05) is 14.2 Å². The van der Waals surface area contributed by atoms with Gasteiger partial charge in [-0.05, 0) is 19.1 Å². The lowest BCUT2D eigenvalue weighted by Crippen LogP contribution is -2.12. The van der Waals surface area contributed by atoms with Crippen LogP contribution in [0.3, 0.4) is 0 Å². The lowest BCUT2D eigenvalue weighted by atomic mass is 10.3. The molecule has 0 fully saturated rings. The van der Waals surface area contributed by atoms with Gasteiger partial charge in [0.25, 0.3) is 0 Å². The average molecular weight is 232 g/mol. The standard InChI is InChI=1S/C13H16N2O2/c1-10-9-14-12(13(16-2)17-3)15(10)11-7-5-4-6-8-11/h4-9,13H,1-3H3. The highest BCUT2D eigenvalue weighted by molar-refractivity contribution is 5.35. The van der Waals surface area contributed by atoms with Crippen molar-refractivity contribution < 1.29 is 9.47 Å². The number of ether oxygens (including phenoxy) is 2. The zero-order valence-electron chi connectivity index (χ0n) is 10.3. The first-order chi connectivity index (χ1) is 8.27. The molecule has 0 aliphatic carbocycles. The van der Waals surface area contributed by atoms with Gasteiger partial charge in [-0.15, -0.1) is 0 Å². The van der Waals surface area contributed by atoms with E-state index in [9.17, 15) is 0 Å². The first-order valence-electron chi connectivity index (χ1n) is 5.43. The molecule has 1 heterocycles. The molecule has 0 aliphatic heterocycles. The van der Waals surface area contributed by atoms with Crippen molar-refractivity contribution in [1.82, 2.24) is 9.55 Å². The van der Waals surface area contributed by atoms with Crippen LogP contribution >= 0.6 is 0 Å². The van der Waals surface area contributed by atoms with Crippen LogP contribution in [0, 0.1) is 6.92 Å². The van der Waals surface area contributed by atoms with Gasteiger partial charge in [-0.25, -0.2) is 4.98 Å². The van der Waals surface area contributed by atoms with E-state index in [0.29, 0.717) is 0 Å². The maximum atomic E-state index is 5.26. The fourth-order valence-electron chi connectivity index (χ4n) is 1.84. The Morgan fingerprint density at radius 2 is 1.76 bits per heavy atom. The molecule has 0 amide bonds. The molecule has 0 N–H and O–H groups in total. The summed E-state index contributed by atoms with van der Waals surface area (Å²) in [5.41, 5.74) is 2.10. The molecule has 4 heteroatoms. The SMILES string of the molecule is COC(OC)c1ncc(C)n1-c1ccccc1. The molecule has 0 spiro atoms. The minimum Gasteiger partial charge on any atom is -0.349 e. The van der Waals surface area contributed by atoms with E-state index in [0.717, 1.165) is 17.2 Å². The molecule has 2 rings (SSSR count). The van der Waals surface area contributed by atoms with Crippen LogP contribution in [0.1, 0.15) is 17.8 Å². The van der Waals surface area contributed by atoms with Crippen LogP contribution in [0.4, 0.5) is 0 Å². The Morgan fingerprint density at radius 3 is 2.35 bits per heavy atom. The molecule has 4 nitrogen and oxygen atoms in total. The van der Waals surface area contributed by atoms with E-state index < -0.39 is 6.29 Å². The number of hydrogen-bond donors (Lipinski definition) is 0. The molecule has 17 heavy (non-hydrogen) atoms. The van der Waals surface area contributed by atoms with E-state index in [-0.39, 0.29) is 0 Å². The minimum atomic E-state index is -0.455. The van der Waals surface area contributed by atoms with E-state index >= 15 is 0 Å². The number of methoxy groups -OCH3 is 2. The number of para-hydroxylation sites is 1. The zero-order valence-corrected chi connectivity index (χ0v) is 10.3. The molecule has 0 aliphatic rings. The van der Waals surface area contributed by atoms with Crippen molar-refractivity contribution in [3.63, 3.8) is 0 Å². The van der Waals surface area contributed by atoms with Gasteiger partial charge in [0.15, 0.2) is 5.82 Å². The van der Waals surface area contributed by atoms with E-state index in [1.54, 1.807) is 14.2 Å². The highest BCUT2D eigenvalue weighted by Gasteiger charge is 2.18. The molecule has 0 saturated heterocycles. The average Bonchev–Trinajstić information content (AvgIpc) is 2.74. The molecule has 2 aromatic rings. The fraction of sp³-hybridized carbons (Fsp3) is 0.308. The maximum absolute atomic E-state index is 5.26. The second kappa shape index (κ2) is 5.12. The minimum absolute atomic E-state index is 0.455. The molecule has 0 radical (unpaired) electrons. The smallest absolute Gasteiger partial charge is 0.217 e. The van der Waals surface area contributed by atoms with Crippen molar-refractivity contribution in [3.05, 3.63) is 48.0 Å². The monoisotopic (exact) mass is 232 g/mol. The molecule has 0 unspecified atom stereocenters. The Balaban J connectivity index is 2.50. The highest BCUT2D eigenvalue weighted by Crippen LogP contribution is 2.21. The lowest BCUT2D eigenvalue weighted by Gasteiger charge is -2.16. The van der Waals surface area contributed by atoms with Crippen LogP contribution in [0.5, 0.6) is 0 Å². The van der Waals surface area contributed by atoms with E-state index in [1.165, 1.54) is 0 Å². The van der Waals surface area contributed by atoms with Crippen LogP contribution in [0.15, 0.2) is 36.5 Å². The van der Waals surface area contributed by atoms with Crippen molar-refractivity contribution in [2.45, 2.75) is 13.2 Å². The van der Waals surface area contributed by atoms with Gasteiger partial charge in [0.05, 0.1) is 0 Å². The van der Waals surface area contributed by atoms with Gasteiger partial charge in [0.1, 0.15) is 0 Å². The van der Waals surface area contributed by atoms with Crippen molar-refractivity contribution in [1.29, 1.82) is 0 Å². The van der Waals surface area contributed by atoms with Gasteiger partial charge in [0.2, 0.25) is 6.29 Å². The first kappa shape index (κ1) is 11.8. The number of benzene rings is 1. The molecule has 0 atom stereocenters. The molecule has 0 bridgehead atoms. The van der Waals surface area contributed by atoms with Crippen molar-refractivity contribution >= 4 is 0 Å². The zero-order chi connectivity index (χ0) is 12.3. The molecule has 1 aromatic carbocycles. The van der Waals surface area contributed by atoms with Gasteiger partial charge in [0, 0.05) is 31.8 Å². The Hall–Kier alpha value is -1.65. The summed E-state index contributed by atoms with van der Waals surface area (Å²) in [6, 6.07) is 10.0. The summed E-state index contributed by atoms with van der Waals surface area (Å²) >= 11 is 0. The molecule has 90 valence electrons. The summed E-state index contributed by atoms with van der Waals surface area (Å²) in [4.78, 5) is 4.35. The van der Waals surface area contributed by atoms with E-state index in [2.05, 4.69) is 4.98 Å². The van der Waals surface area contributed by atoms with Crippen molar-refractivity contribution in [3.8, 4) is 5.69 Å². The summed E-state index contributed by atoms with van der Waals surface area (Å²) in [6.07, 6.45) is 1.36. The van der Waals surface area contributed by atoms with E-state index in [1.807, 2.05) is 48.0 Å². The van der Waals surface area contributed by atoms with Gasteiger partial charge >= 0.3 is 0 Å². The molecule has 1 aromatic heterocycles. The van der Waals surface area contributed by atoms with Gasteiger partial charge in [-0.1, -0.05) is 18.2 Å². The number of imidazole rings is 1. The molecular formula is C13H16N2O2. The number of rotatable bonds is 4. The van der Waals surface area contributed by atoms with Crippen molar-refractivity contribution in [2.24, 2.45) is 0 Å². The fourth-order valence-corrected chi connectivity index (χ4v) is 1.84. The normalized spacial score (nSPS) is 11.1. The number of aromatic nitrogens is 2. The van der Waals surface area contributed by atoms with Crippen LogP contribution in [0.2, 0.25) is 0 Å². The molecular weight excluding hydrogens is 216 g/mol. The Bertz CT molecular complexity index is 475. The lowest BCUT2D eigenvalue weighted by molar-refractivity contribution is -0.112. The predicted octanol–water partition coefficient (Wildman–Crippen LogP) is 2.47. The topological polar surface area (TPSA) is 36.3 Å². The predicted molar refractivity (Wildman–Crippen MR) is 65.1 cm³/mol. The highest BCUT2D eigenvalue weighted by atomic mass is 16.7. The summed E-state index contributed by atoms with van der Waals surface area (Å²) in [6.45, 7) is 2.01. The van der Waals surface area contributed by atoms with Crippen LogP contribution < -0.4 is 0 Å². The van der Waals surface area contributed by atoms with Crippen LogP contribution in [0.25, 0.3) is 5.69 Å². The summed E-state index contributed by atoms with van der Waals surface area (Å²) in [7, 11) is 3.21. The Labute approximate surface area is 101 Å². The quantitative estimate of drug-likeness (QED) is 0.760. The summed E-state index contributed by atoms with van der Waals surface area (Å²) < 4.78 is 12.5. The second-order valence-corrected chi connectivity index (χ2v) is 3.73. The van der Waals surface area contributed by atoms with Gasteiger partial charge in [-0.3, -0.25) is 4.57 Å². The number of aryl methyl sites for hydroxylation is 1. The van der Waals surface area contributed by atoms with Gasteiger partial charge < -0.3 is 9.47 Å². The summed E-state index contributed by atoms with van der Waals surface area (Å²) in [5.74, 6) is 0.749. The Kier molecular flexibility index (Phi) is 3.56. The third kappa shape index (κ3) is 2.23. The molecule has 0 saturated carbocycles. The third-order valence-electron chi connectivity index (χ3n) is 2.62. The second-order valence-electron chi connectivity index (χ2n) is 3.73. The largest absolute Gasteiger partial charge is 0.349 e. The van der Waals surface area contributed by atoms with Crippen LogP contribution in [-0.2, 0) is 9.47 Å².